The number of amides is 1. The van der Waals surface area contributed by atoms with Gasteiger partial charge in [0, 0.05) is 12.8 Å². The molecule has 0 radical (unpaired) electrons. The highest BCUT2D eigenvalue weighted by Gasteiger charge is 2.17. The van der Waals surface area contributed by atoms with Gasteiger partial charge in [-0.3, -0.25) is 9.36 Å². The number of aromatic nitrogens is 3. The highest BCUT2D eigenvalue weighted by atomic mass is 32.2. The van der Waals surface area contributed by atoms with E-state index in [4.69, 9.17) is 9.15 Å². The number of aryl methyl sites for hydroxylation is 1. The maximum Gasteiger partial charge on any atom is 0.234 e. The van der Waals surface area contributed by atoms with Crippen LogP contribution in [0.15, 0.2) is 52.2 Å². The Hall–Kier alpha value is -2.58. The number of thioether (sulfide) groups is 1. The summed E-state index contributed by atoms with van der Waals surface area (Å²) in [4.78, 5) is 12.2. The van der Waals surface area contributed by atoms with E-state index in [1.165, 1.54) is 11.8 Å². The van der Waals surface area contributed by atoms with E-state index in [0.717, 1.165) is 11.3 Å². The second-order valence-electron chi connectivity index (χ2n) is 5.63. The summed E-state index contributed by atoms with van der Waals surface area (Å²) in [5, 5.41) is 11.9. The Bertz CT molecular complexity index is 861. The van der Waals surface area contributed by atoms with Crippen LogP contribution in [0.2, 0.25) is 0 Å². The summed E-state index contributed by atoms with van der Waals surface area (Å²) in [6.07, 6.45) is 1.59. The molecule has 0 bridgehead atoms. The minimum Gasteiger partial charge on any atom is -0.461 e. The summed E-state index contributed by atoms with van der Waals surface area (Å²) in [7, 11) is 1.64. The van der Waals surface area contributed by atoms with Crippen molar-refractivity contribution >= 4 is 23.4 Å². The molecule has 0 unspecified atom stereocenters. The standard InChI is InChI=1S/C18H20N4O3S/c1-13-5-3-6-14(11-13)19-16(23)12-26-18-21-20-17(15-7-4-9-25-15)22(18)8-10-24-2/h3-7,9,11H,8,10,12H2,1-2H3,(H,19,23). The fourth-order valence-corrected chi connectivity index (χ4v) is 3.18. The summed E-state index contributed by atoms with van der Waals surface area (Å²) in [5.74, 6) is 1.39. The molecule has 0 aliphatic carbocycles. The molecule has 0 saturated heterocycles. The predicted octanol–water partition coefficient (Wildman–Crippen LogP) is 3.22. The summed E-state index contributed by atoms with van der Waals surface area (Å²) in [6.45, 7) is 3.06. The van der Waals surface area contributed by atoms with E-state index in [1.807, 2.05) is 41.8 Å². The van der Waals surface area contributed by atoms with Crippen molar-refractivity contribution in [1.29, 1.82) is 0 Å². The molecule has 0 atom stereocenters. The number of hydrogen-bond acceptors (Lipinski definition) is 6. The molecule has 3 aromatic rings. The molecule has 0 saturated carbocycles. The van der Waals surface area contributed by atoms with E-state index in [0.29, 0.717) is 29.9 Å². The maximum atomic E-state index is 12.2. The van der Waals surface area contributed by atoms with Gasteiger partial charge in [0.15, 0.2) is 10.9 Å². The molecule has 136 valence electrons. The number of rotatable bonds is 8. The largest absolute Gasteiger partial charge is 0.461 e. The smallest absolute Gasteiger partial charge is 0.234 e. The molecule has 0 fully saturated rings. The molecular formula is C18H20N4O3S. The van der Waals surface area contributed by atoms with Gasteiger partial charge in [0.2, 0.25) is 11.7 Å². The van der Waals surface area contributed by atoms with Gasteiger partial charge in [-0.2, -0.15) is 0 Å². The van der Waals surface area contributed by atoms with E-state index in [-0.39, 0.29) is 11.7 Å². The number of ether oxygens (including phenoxy) is 1. The zero-order valence-corrected chi connectivity index (χ0v) is 15.5. The lowest BCUT2D eigenvalue weighted by molar-refractivity contribution is -0.113. The Kier molecular flexibility index (Phi) is 6.08. The lowest BCUT2D eigenvalue weighted by Gasteiger charge is -2.09. The van der Waals surface area contributed by atoms with Crippen LogP contribution in [0, 0.1) is 6.92 Å². The number of carbonyl (C=O) groups excluding carboxylic acids is 1. The van der Waals surface area contributed by atoms with E-state index in [9.17, 15) is 4.79 Å². The predicted molar refractivity (Wildman–Crippen MR) is 100 cm³/mol. The van der Waals surface area contributed by atoms with Gasteiger partial charge >= 0.3 is 0 Å². The molecule has 1 N–H and O–H groups in total. The number of nitrogens with zero attached hydrogens (tertiary/aromatic N) is 3. The van der Waals surface area contributed by atoms with Gasteiger partial charge in [0.05, 0.1) is 25.2 Å². The van der Waals surface area contributed by atoms with Gasteiger partial charge in [-0.05, 0) is 36.8 Å². The van der Waals surface area contributed by atoms with E-state index >= 15 is 0 Å². The van der Waals surface area contributed by atoms with Crippen molar-refractivity contribution in [1.82, 2.24) is 14.8 Å². The average molecular weight is 372 g/mol. The van der Waals surface area contributed by atoms with E-state index in [1.54, 1.807) is 19.4 Å². The molecule has 0 aliphatic heterocycles. The average Bonchev–Trinajstić information content (AvgIpc) is 3.27. The van der Waals surface area contributed by atoms with Crippen molar-refractivity contribution in [3.05, 3.63) is 48.2 Å². The van der Waals surface area contributed by atoms with Gasteiger partial charge in [0.1, 0.15) is 0 Å². The topological polar surface area (TPSA) is 82.2 Å². The first kappa shape index (κ1) is 18.2. The number of furan rings is 1. The van der Waals surface area contributed by atoms with Crippen LogP contribution < -0.4 is 5.32 Å². The highest BCUT2D eigenvalue weighted by Crippen LogP contribution is 2.24. The van der Waals surface area contributed by atoms with Crippen molar-refractivity contribution in [2.24, 2.45) is 0 Å². The first-order valence-corrected chi connectivity index (χ1v) is 9.11. The van der Waals surface area contributed by atoms with Crippen molar-refractivity contribution in [2.75, 3.05) is 24.8 Å². The maximum absolute atomic E-state index is 12.2. The van der Waals surface area contributed by atoms with E-state index < -0.39 is 0 Å². The summed E-state index contributed by atoms with van der Waals surface area (Å²) in [6, 6.07) is 11.3. The van der Waals surface area contributed by atoms with Crippen molar-refractivity contribution < 1.29 is 13.9 Å². The molecule has 3 rings (SSSR count). The molecule has 1 aromatic carbocycles. The van der Waals surface area contributed by atoms with Gasteiger partial charge in [-0.15, -0.1) is 10.2 Å². The third-order valence-corrected chi connectivity index (χ3v) is 4.58. The third kappa shape index (κ3) is 4.53. The molecule has 7 nitrogen and oxygen atoms in total. The summed E-state index contributed by atoms with van der Waals surface area (Å²) >= 11 is 1.33. The van der Waals surface area contributed by atoms with Crippen LogP contribution in [0.4, 0.5) is 5.69 Å². The van der Waals surface area contributed by atoms with Gasteiger partial charge in [-0.25, -0.2) is 0 Å². The number of nitrogens with one attached hydrogen (secondary N) is 1. The Labute approximate surface area is 155 Å². The van der Waals surface area contributed by atoms with Crippen molar-refractivity contribution in [3.63, 3.8) is 0 Å². The molecule has 2 heterocycles. The number of benzene rings is 1. The number of anilines is 1. The molecule has 26 heavy (non-hydrogen) atoms. The van der Waals surface area contributed by atoms with Gasteiger partial charge in [0.25, 0.3) is 0 Å². The van der Waals surface area contributed by atoms with Crippen LogP contribution in [0.1, 0.15) is 5.56 Å². The normalized spacial score (nSPS) is 10.8. The lowest BCUT2D eigenvalue weighted by Crippen LogP contribution is -2.15. The second-order valence-corrected chi connectivity index (χ2v) is 6.58. The van der Waals surface area contributed by atoms with Crippen molar-refractivity contribution in [2.45, 2.75) is 18.6 Å². The van der Waals surface area contributed by atoms with E-state index in [2.05, 4.69) is 15.5 Å². The van der Waals surface area contributed by atoms with Gasteiger partial charge < -0.3 is 14.5 Å². The molecule has 8 heteroatoms. The van der Waals surface area contributed by atoms with Crippen LogP contribution in [0.3, 0.4) is 0 Å². The van der Waals surface area contributed by atoms with Gasteiger partial charge in [-0.1, -0.05) is 23.9 Å². The highest BCUT2D eigenvalue weighted by molar-refractivity contribution is 7.99. The number of methoxy groups -OCH3 is 1. The minimum absolute atomic E-state index is 0.0959. The number of carbonyl (C=O) groups is 1. The van der Waals surface area contributed by atoms with Crippen LogP contribution in [0.5, 0.6) is 0 Å². The Morgan fingerprint density at radius 1 is 1.31 bits per heavy atom. The zero-order valence-electron chi connectivity index (χ0n) is 14.6. The minimum atomic E-state index is -0.0959. The van der Waals surface area contributed by atoms with Crippen LogP contribution >= 0.6 is 11.8 Å². The molecule has 0 spiro atoms. The zero-order chi connectivity index (χ0) is 18.4. The quantitative estimate of drug-likeness (QED) is 0.612. The first-order valence-electron chi connectivity index (χ1n) is 8.12. The monoisotopic (exact) mass is 372 g/mol. The van der Waals surface area contributed by atoms with Crippen LogP contribution in [0.25, 0.3) is 11.6 Å². The Balaban J connectivity index is 1.68. The summed E-state index contributed by atoms with van der Waals surface area (Å²) in [5.41, 5.74) is 1.88. The van der Waals surface area contributed by atoms with Crippen LogP contribution in [-0.4, -0.2) is 40.1 Å². The SMILES string of the molecule is COCCn1c(SCC(=O)Nc2cccc(C)c2)nnc1-c1ccco1. The van der Waals surface area contributed by atoms with Crippen LogP contribution in [-0.2, 0) is 16.1 Å². The fraction of sp³-hybridized carbons (Fsp3) is 0.278. The Morgan fingerprint density at radius 3 is 2.92 bits per heavy atom. The third-order valence-electron chi connectivity index (χ3n) is 3.61. The number of hydrogen-bond donors (Lipinski definition) is 1. The van der Waals surface area contributed by atoms with Crippen molar-refractivity contribution in [3.8, 4) is 11.6 Å². The fourth-order valence-electron chi connectivity index (χ4n) is 2.42. The molecule has 0 aliphatic rings. The second kappa shape index (κ2) is 8.68. The molecule has 2 aromatic heterocycles. The lowest BCUT2D eigenvalue weighted by atomic mass is 10.2. The Morgan fingerprint density at radius 2 is 2.19 bits per heavy atom. The first-order chi connectivity index (χ1) is 12.7. The summed E-state index contributed by atoms with van der Waals surface area (Å²) < 4.78 is 12.5. The molecule has 1 amide bonds. The molecular weight excluding hydrogens is 352 g/mol.